The molecule has 0 saturated heterocycles. The van der Waals surface area contributed by atoms with Crippen LogP contribution in [0.25, 0.3) is 0 Å². The molecule has 1 heterocycles. The van der Waals surface area contributed by atoms with Crippen LogP contribution in [0.2, 0.25) is 0 Å². The highest BCUT2D eigenvalue weighted by atomic mass is 32.1. The highest BCUT2D eigenvalue weighted by Crippen LogP contribution is 2.22. The first-order valence-electron chi connectivity index (χ1n) is 5.63. The number of carbonyl (C=O) groups excluding carboxylic acids is 1. The molecule has 5 heteroatoms. The summed E-state index contributed by atoms with van der Waals surface area (Å²) in [6.45, 7) is 4.52. The summed E-state index contributed by atoms with van der Waals surface area (Å²) in [5, 5.41) is 12.1. The summed E-state index contributed by atoms with van der Waals surface area (Å²) in [6.07, 6.45) is 0.284. The Hall–Kier alpha value is -0.910. The van der Waals surface area contributed by atoms with Crippen LogP contribution in [-0.2, 0) is 11.2 Å². The smallest absolute Gasteiger partial charge is 0.261 e. The van der Waals surface area contributed by atoms with Crippen LogP contribution in [-0.4, -0.2) is 37.4 Å². The topological polar surface area (TPSA) is 58.6 Å². The largest absolute Gasteiger partial charge is 0.389 e. The number of aryl methyl sites for hydroxylation is 2. The van der Waals surface area contributed by atoms with Crippen LogP contribution in [0, 0.1) is 6.92 Å². The molecule has 0 aliphatic carbocycles. The van der Waals surface area contributed by atoms with Crippen molar-refractivity contribution in [1.82, 2.24) is 5.32 Å². The molecule has 1 aromatic rings. The summed E-state index contributed by atoms with van der Waals surface area (Å²) in [4.78, 5) is 13.7. The van der Waals surface area contributed by atoms with Crippen LogP contribution in [0.15, 0.2) is 6.07 Å². The molecule has 0 aromatic carbocycles. The van der Waals surface area contributed by atoms with Crippen molar-refractivity contribution < 1.29 is 14.6 Å². The summed E-state index contributed by atoms with van der Waals surface area (Å²) in [5.74, 6) is -0.132. The standard InChI is InChI=1S/C12H19NO3S/c1-4-10-8(2)5-11(17-10)12(15)13-6-9(14)7-16-3/h5,9,14H,4,6-7H2,1-3H3,(H,13,15). The van der Waals surface area contributed by atoms with Gasteiger partial charge in [0.25, 0.3) is 5.91 Å². The fourth-order valence-electron chi connectivity index (χ4n) is 1.53. The van der Waals surface area contributed by atoms with Crippen molar-refractivity contribution in [2.45, 2.75) is 26.4 Å². The summed E-state index contributed by atoms with van der Waals surface area (Å²) >= 11 is 1.51. The number of methoxy groups -OCH3 is 1. The number of aliphatic hydroxyl groups excluding tert-OH is 1. The maximum Gasteiger partial charge on any atom is 0.261 e. The molecule has 1 atom stereocenters. The second-order valence-corrected chi connectivity index (χ2v) is 5.03. The lowest BCUT2D eigenvalue weighted by molar-refractivity contribution is 0.0611. The number of carbonyl (C=O) groups is 1. The van der Waals surface area contributed by atoms with Gasteiger partial charge in [0.15, 0.2) is 0 Å². The van der Waals surface area contributed by atoms with E-state index in [0.29, 0.717) is 4.88 Å². The van der Waals surface area contributed by atoms with E-state index in [1.165, 1.54) is 23.3 Å². The molecule has 4 nitrogen and oxygen atoms in total. The Labute approximate surface area is 106 Å². The maximum absolute atomic E-state index is 11.8. The number of nitrogens with one attached hydrogen (secondary N) is 1. The third-order valence-corrected chi connectivity index (χ3v) is 3.80. The normalized spacial score (nSPS) is 12.5. The van der Waals surface area contributed by atoms with Crippen LogP contribution in [0.5, 0.6) is 0 Å². The van der Waals surface area contributed by atoms with Gasteiger partial charge in [0, 0.05) is 18.5 Å². The van der Waals surface area contributed by atoms with Gasteiger partial charge in [0.2, 0.25) is 0 Å². The molecule has 17 heavy (non-hydrogen) atoms. The van der Waals surface area contributed by atoms with E-state index in [0.717, 1.165) is 12.0 Å². The minimum absolute atomic E-state index is 0.132. The van der Waals surface area contributed by atoms with Crippen LogP contribution >= 0.6 is 11.3 Å². The van der Waals surface area contributed by atoms with E-state index in [4.69, 9.17) is 4.74 Å². The Morgan fingerprint density at radius 2 is 2.35 bits per heavy atom. The van der Waals surface area contributed by atoms with Crippen molar-refractivity contribution in [2.24, 2.45) is 0 Å². The molecular weight excluding hydrogens is 238 g/mol. The van der Waals surface area contributed by atoms with E-state index in [-0.39, 0.29) is 19.1 Å². The van der Waals surface area contributed by atoms with Crippen LogP contribution in [0.1, 0.15) is 27.0 Å². The molecule has 0 saturated carbocycles. The number of hydrogen-bond acceptors (Lipinski definition) is 4. The van der Waals surface area contributed by atoms with Gasteiger partial charge in [0.1, 0.15) is 0 Å². The van der Waals surface area contributed by atoms with Gasteiger partial charge in [-0.25, -0.2) is 0 Å². The monoisotopic (exact) mass is 257 g/mol. The number of aliphatic hydroxyl groups is 1. The van der Waals surface area contributed by atoms with Crippen molar-refractivity contribution in [3.8, 4) is 0 Å². The van der Waals surface area contributed by atoms with Crippen molar-refractivity contribution in [3.63, 3.8) is 0 Å². The Morgan fingerprint density at radius 3 is 2.88 bits per heavy atom. The van der Waals surface area contributed by atoms with Crippen molar-refractivity contribution in [3.05, 3.63) is 21.4 Å². The minimum Gasteiger partial charge on any atom is -0.389 e. The second kappa shape index (κ2) is 6.74. The van der Waals surface area contributed by atoms with Gasteiger partial charge in [-0.2, -0.15) is 0 Å². The van der Waals surface area contributed by atoms with Gasteiger partial charge >= 0.3 is 0 Å². The van der Waals surface area contributed by atoms with E-state index in [2.05, 4.69) is 12.2 Å². The van der Waals surface area contributed by atoms with Gasteiger partial charge in [-0.1, -0.05) is 6.92 Å². The molecule has 0 aliphatic rings. The van der Waals surface area contributed by atoms with Crippen molar-refractivity contribution >= 4 is 17.2 Å². The van der Waals surface area contributed by atoms with Gasteiger partial charge < -0.3 is 15.2 Å². The third-order valence-electron chi connectivity index (χ3n) is 2.42. The molecule has 96 valence electrons. The summed E-state index contributed by atoms with van der Waals surface area (Å²) in [6, 6.07) is 1.89. The zero-order valence-electron chi connectivity index (χ0n) is 10.4. The summed E-state index contributed by atoms with van der Waals surface area (Å²) in [5.41, 5.74) is 1.15. The first-order chi connectivity index (χ1) is 8.08. The Bertz CT molecular complexity index is 376. The number of hydrogen-bond donors (Lipinski definition) is 2. The van der Waals surface area contributed by atoms with Crippen molar-refractivity contribution in [1.29, 1.82) is 0 Å². The molecule has 0 fully saturated rings. The number of thiophene rings is 1. The minimum atomic E-state index is -0.657. The van der Waals surface area contributed by atoms with E-state index >= 15 is 0 Å². The molecular formula is C12H19NO3S. The van der Waals surface area contributed by atoms with E-state index < -0.39 is 6.10 Å². The molecule has 0 aliphatic heterocycles. The molecule has 0 radical (unpaired) electrons. The first kappa shape index (κ1) is 14.2. The zero-order valence-corrected chi connectivity index (χ0v) is 11.3. The van der Waals surface area contributed by atoms with Gasteiger partial charge in [0.05, 0.1) is 17.6 Å². The quantitative estimate of drug-likeness (QED) is 0.809. The highest BCUT2D eigenvalue weighted by Gasteiger charge is 2.12. The molecule has 2 N–H and O–H groups in total. The fourth-order valence-corrected chi connectivity index (χ4v) is 2.56. The Morgan fingerprint density at radius 1 is 1.65 bits per heavy atom. The maximum atomic E-state index is 11.8. The first-order valence-corrected chi connectivity index (χ1v) is 6.44. The van der Waals surface area contributed by atoms with Crippen LogP contribution in [0.3, 0.4) is 0 Å². The second-order valence-electron chi connectivity index (χ2n) is 3.89. The number of amides is 1. The van der Waals surface area contributed by atoms with Gasteiger partial charge in [-0.05, 0) is 25.0 Å². The third kappa shape index (κ3) is 4.11. The lowest BCUT2D eigenvalue weighted by Gasteiger charge is -2.09. The van der Waals surface area contributed by atoms with E-state index in [1.54, 1.807) is 0 Å². The number of rotatable bonds is 6. The average Bonchev–Trinajstić information content (AvgIpc) is 2.68. The summed E-state index contributed by atoms with van der Waals surface area (Å²) < 4.78 is 4.78. The van der Waals surface area contributed by atoms with E-state index in [1.807, 2.05) is 13.0 Å². The SMILES string of the molecule is CCc1sc(C(=O)NCC(O)COC)cc1C. The summed E-state index contributed by atoms with van der Waals surface area (Å²) in [7, 11) is 1.52. The van der Waals surface area contributed by atoms with Gasteiger partial charge in [-0.15, -0.1) is 11.3 Å². The Balaban J connectivity index is 2.52. The van der Waals surface area contributed by atoms with Gasteiger partial charge in [-0.3, -0.25) is 4.79 Å². The molecule has 0 spiro atoms. The zero-order chi connectivity index (χ0) is 12.8. The lowest BCUT2D eigenvalue weighted by atomic mass is 10.2. The van der Waals surface area contributed by atoms with Crippen LogP contribution in [0.4, 0.5) is 0 Å². The highest BCUT2D eigenvalue weighted by molar-refractivity contribution is 7.14. The molecule has 1 amide bonds. The van der Waals surface area contributed by atoms with Crippen LogP contribution < -0.4 is 5.32 Å². The Kier molecular flexibility index (Phi) is 5.61. The van der Waals surface area contributed by atoms with E-state index in [9.17, 15) is 9.90 Å². The molecule has 1 rings (SSSR count). The number of ether oxygens (including phenoxy) is 1. The van der Waals surface area contributed by atoms with Crippen molar-refractivity contribution in [2.75, 3.05) is 20.3 Å². The molecule has 1 aromatic heterocycles. The predicted octanol–water partition coefficient (Wildman–Crippen LogP) is 1.36. The lowest BCUT2D eigenvalue weighted by Crippen LogP contribution is -2.33. The fraction of sp³-hybridized carbons (Fsp3) is 0.583. The molecule has 0 bridgehead atoms. The average molecular weight is 257 g/mol. The predicted molar refractivity (Wildman–Crippen MR) is 68.7 cm³/mol. The molecule has 1 unspecified atom stereocenters.